The number of rotatable bonds is 3. The van der Waals surface area contributed by atoms with Gasteiger partial charge in [-0.05, 0) is 31.6 Å². The average Bonchev–Trinajstić information content (AvgIpc) is 3.00. The van der Waals surface area contributed by atoms with Crippen molar-refractivity contribution in [2.75, 3.05) is 5.75 Å². The predicted octanol–water partition coefficient (Wildman–Crippen LogP) is 5.02. The second kappa shape index (κ2) is 5.74. The number of fused-ring (bicyclic) bond motifs is 1. The van der Waals surface area contributed by atoms with Crippen molar-refractivity contribution < 1.29 is 4.39 Å². The van der Waals surface area contributed by atoms with E-state index in [0.717, 1.165) is 17.9 Å². The number of hydrogen-bond acceptors (Lipinski definition) is 2. The second-order valence-electron chi connectivity index (χ2n) is 5.09. The lowest BCUT2D eigenvalue weighted by molar-refractivity contribution is 0.621. The minimum atomic E-state index is -0.437. The molecule has 20 heavy (non-hydrogen) atoms. The molecular formula is C14H15Cl2FN2S. The first-order valence-corrected chi connectivity index (χ1v) is 8.53. The Morgan fingerprint density at radius 3 is 3.00 bits per heavy atom. The lowest BCUT2D eigenvalue weighted by Crippen LogP contribution is -2.13. The molecule has 0 spiro atoms. The fourth-order valence-electron chi connectivity index (χ4n) is 2.63. The Morgan fingerprint density at radius 2 is 2.35 bits per heavy atom. The summed E-state index contributed by atoms with van der Waals surface area (Å²) in [6.45, 7) is 2.74. The van der Waals surface area contributed by atoms with Gasteiger partial charge in [-0.3, -0.25) is 0 Å². The SMILES string of the molecule is CC(Cl)c1nc2cc(F)c(Cl)cc2n1CC1CCCS1. The van der Waals surface area contributed by atoms with Crippen LogP contribution in [0.25, 0.3) is 11.0 Å². The minimum absolute atomic E-state index is 0.131. The van der Waals surface area contributed by atoms with E-state index < -0.39 is 5.82 Å². The average molecular weight is 333 g/mol. The van der Waals surface area contributed by atoms with Gasteiger partial charge in [-0.1, -0.05) is 11.6 Å². The maximum absolute atomic E-state index is 13.6. The van der Waals surface area contributed by atoms with E-state index in [-0.39, 0.29) is 10.4 Å². The molecular weight excluding hydrogens is 318 g/mol. The largest absolute Gasteiger partial charge is 0.326 e. The summed E-state index contributed by atoms with van der Waals surface area (Å²) in [5.74, 6) is 1.56. The number of halogens is 3. The van der Waals surface area contributed by atoms with E-state index in [4.69, 9.17) is 23.2 Å². The first-order chi connectivity index (χ1) is 9.56. The molecule has 0 radical (unpaired) electrons. The Labute approximate surface area is 131 Å². The molecule has 2 atom stereocenters. The van der Waals surface area contributed by atoms with Gasteiger partial charge in [0.25, 0.3) is 0 Å². The molecule has 0 N–H and O–H groups in total. The Balaban J connectivity index is 2.10. The third-order valence-electron chi connectivity index (χ3n) is 3.59. The third-order valence-corrected chi connectivity index (χ3v) is 5.45. The zero-order valence-corrected chi connectivity index (χ0v) is 13.4. The summed E-state index contributed by atoms with van der Waals surface area (Å²) in [6.07, 6.45) is 2.46. The van der Waals surface area contributed by atoms with Crippen LogP contribution in [0.4, 0.5) is 4.39 Å². The standard InChI is InChI=1S/C14H15Cl2FN2S/c1-8(15)14-18-12-6-11(17)10(16)5-13(12)19(14)7-9-3-2-4-20-9/h5-6,8-9H,2-4,7H2,1H3. The van der Waals surface area contributed by atoms with Gasteiger partial charge in [-0.2, -0.15) is 11.8 Å². The highest BCUT2D eigenvalue weighted by atomic mass is 35.5. The highest BCUT2D eigenvalue weighted by Crippen LogP contribution is 2.32. The smallest absolute Gasteiger partial charge is 0.144 e. The van der Waals surface area contributed by atoms with Crippen LogP contribution in [0, 0.1) is 5.82 Å². The van der Waals surface area contributed by atoms with Crippen LogP contribution < -0.4 is 0 Å². The monoisotopic (exact) mass is 332 g/mol. The number of alkyl halides is 1. The van der Waals surface area contributed by atoms with Crippen LogP contribution in [0.1, 0.15) is 31.0 Å². The molecule has 1 aliphatic rings. The normalized spacial score (nSPS) is 20.7. The van der Waals surface area contributed by atoms with Crippen molar-refractivity contribution in [1.29, 1.82) is 0 Å². The van der Waals surface area contributed by atoms with Gasteiger partial charge in [0.1, 0.15) is 11.6 Å². The molecule has 0 aliphatic carbocycles. The van der Waals surface area contributed by atoms with Crippen molar-refractivity contribution in [3.8, 4) is 0 Å². The number of nitrogens with zero attached hydrogens (tertiary/aromatic N) is 2. The van der Waals surface area contributed by atoms with E-state index in [0.29, 0.717) is 10.8 Å². The third kappa shape index (κ3) is 2.66. The zero-order valence-electron chi connectivity index (χ0n) is 11.1. The van der Waals surface area contributed by atoms with Crippen molar-refractivity contribution in [2.24, 2.45) is 0 Å². The van der Waals surface area contributed by atoms with Gasteiger partial charge in [-0.15, -0.1) is 11.6 Å². The summed E-state index contributed by atoms with van der Waals surface area (Å²) >= 11 is 14.1. The van der Waals surface area contributed by atoms with Crippen LogP contribution >= 0.6 is 35.0 Å². The zero-order chi connectivity index (χ0) is 14.3. The van der Waals surface area contributed by atoms with Gasteiger partial charge in [0.2, 0.25) is 0 Å². The first-order valence-electron chi connectivity index (χ1n) is 6.67. The van der Waals surface area contributed by atoms with Crippen LogP contribution in [0.5, 0.6) is 0 Å². The molecule has 1 aromatic carbocycles. The second-order valence-corrected chi connectivity index (χ2v) is 7.56. The lowest BCUT2D eigenvalue weighted by Gasteiger charge is -2.14. The first kappa shape index (κ1) is 14.5. The molecule has 1 saturated heterocycles. The van der Waals surface area contributed by atoms with Crippen LogP contribution in [-0.4, -0.2) is 20.6 Å². The number of hydrogen-bond donors (Lipinski definition) is 0. The summed E-state index contributed by atoms with van der Waals surface area (Å²) in [5, 5.41) is 0.493. The van der Waals surface area contributed by atoms with Crippen molar-refractivity contribution >= 4 is 46.0 Å². The molecule has 1 aromatic heterocycles. The molecule has 1 aliphatic heterocycles. The Bertz CT molecular complexity index is 636. The van der Waals surface area contributed by atoms with Crippen LogP contribution in [0.3, 0.4) is 0 Å². The summed E-state index contributed by atoms with van der Waals surface area (Å²) in [7, 11) is 0. The van der Waals surface area contributed by atoms with E-state index in [1.807, 2.05) is 18.7 Å². The quantitative estimate of drug-likeness (QED) is 0.734. The molecule has 0 amide bonds. The van der Waals surface area contributed by atoms with Crippen LogP contribution in [0.15, 0.2) is 12.1 Å². The van der Waals surface area contributed by atoms with E-state index >= 15 is 0 Å². The maximum atomic E-state index is 13.6. The minimum Gasteiger partial charge on any atom is -0.326 e. The molecule has 0 bridgehead atoms. The van der Waals surface area contributed by atoms with Gasteiger partial charge in [0, 0.05) is 17.9 Å². The van der Waals surface area contributed by atoms with Crippen LogP contribution in [-0.2, 0) is 6.54 Å². The summed E-state index contributed by atoms with van der Waals surface area (Å²) in [4.78, 5) is 4.48. The number of imidazole rings is 1. The van der Waals surface area contributed by atoms with Gasteiger partial charge in [-0.25, -0.2) is 9.37 Å². The molecule has 3 rings (SSSR count). The van der Waals surface area contributed by atoms with E-state index in [1.165, 1.54) is 24.7 Å². The molecule has 0 saturated carbocycles. The molecule has 2 nitrogen and oxygen atoms in total. The Morgan fingerprint density at radius 1 is 1.55 bits per heavy atom. The number of thioether (sulfide) groups is 1. The summed E-state index contributed by atoms with van der Waals surface area (Å²) in [5.41, 5.74) is 1.49. The van der Waals surface area contributed by atoms with Gasteiger partial charge in [0.15, 0.2) is 0 Å². The van der Waals surface area contributed by atoms with Gasteiger partial charge in [0.05, 0.1) is 21.4 Å². The highest BCUT2D eigenvalue weighted by molar-refractivity contribution is 8.00. The number of aromatic nitrogens is 2. The van der Waals surface area contributed by atoms with Crippen LogP contribution in [0.2, 0.25) is 5.02 Å². The van der Waals surface area contributed by atoms with Crippen molar-refractivity contribution in [2.45, 2.75) is 36.9 Å². The Hall–Kier alpha value is -0.450. The van der Waals surface area contributed by atoms with Gasteiger partial charge >= 0.3 is 0 Å². The van der Waals surface area contributed by atoms with Crippen molar-refractivity contribution in [3.05, 3.63) is 28.8 Å². The highest BCUT2D eigenvalue weighted by Gasteiger charge is 2.22. The van der Waals surface area contributed by atoms with E-state index in [2.05, 4.69) is 9.55 Å². The van der Waals surface area contributed by atoms with Crippen molar-refractivity contribution in [3.63, 3.8) is 0 Å². The Kier molecular flexibility index (Phi) is 4.16. The topological polar surface area (TPSA) is 17.8 Å². The molecule has 6 heteroatoms. The lowest BCUT2D eigenvalue weighted by atomic mass is 10.2. The van der Waals surface area contributed by atoms with Crippen molar-refractivity contribution in [1.82, 2.24) is 9.55 Å². The molecule has 108 valence electrons. The van der Waals surface area contributed by atoms with Gasteiger partial charge < -0.3 is 4.57 Å². The molecule has 2 heterocycles. The summed E-state index contributed by atoms with van der Waals surface area (Å²) < 4.78 is 15.7. The fraction of sp³-hybridized carbons (Fsp3) is 0.500. The molecule has 2 unspecified atom stereocenters. The fourth-order valence-corrected chi connectivity index (χ4v) is 4.21. The van der Waals surface area contributed by atoms with E-state index in [1.54, 1.807) is 6.07 Å². The number of benzene rings is 1. The summed E-state index contributed by atoms with van der Waals surface area (Å²) in [6, 6.07) is 3.04. The molecule has 1 fully saturated rings. The van der Waals surface area contributed by atoms with E-state index in [9.17, 15) is 4.39 Å². The molecule has 2 aromatic rings. The maximum Gasteiger partial charge on any atom is 0.144 e. The predicted molar refractivity (Wildman–Crippen MR) is 84.4 cm³/mol.